The van der Waals surface area contributed by atoms with Crippen molar-refractivity contribution in [3.8, 4) is 6.07 Å². The van der Waals surface area contributed by atoms with E-state index in [1.807, 2.05) is 0 Å². The van der Waals surface area contributed by atoms with Crippen LogP contribution in [0.5, 0.6) is 0 Å². The third kappa shape index (κ3) is 3.99. The third-order valence-electron chi connectivity index (χ3n) is 4.28. The molecule has 114 valence electrons. The molecule has 2 N–H and O–H groups in total. The molecule has 2 atom stereocenters. The molecule has 2 unspecified atom stereocenters. The molecular formula is C16H20F2N2O. The molecule has 0 heterocycles. The first-order chi connectivity index (χ1) is 10.2. The van der Waals surface area contributed by atoms with E-state index in [0.29, 0.717) is 12.5 Å². The van der Waals surface area contributed by atoms with Crippen molar-refractivity contribution in [2.75, 3.05) is 13.2 Å². The second kappa shape index (κ2) is 7.48. The second-order valence-corrected chi connectivity index (χ2v) is 5.65. The molecule has 21 heavy (non-hydrogen) atoms. The molecule has 0 bridgehead atoms. The van der Waals surface area contributed by atoms with Crippen LogP contribution < -0.4 is 5.32 Å². The number of aliphatic hydroxyl groups excluding tert-OH is 1. The normalized spacial score (nSPS) is 22.0. The predicted molar refractivity (Wildman–Crippen MR) is 75.3 cm³/mol. The van der Waals surface area contributed by atoms with Crippen LogP contribution in [0.2, 0.25) is 0 Å². The minimum absolute atomic E-state index is 0.0126. The third-order valence-corrected chi connectivity index (χ3v) is 4.28. The van der Waals surface area contributed by atoms with Gasteiger partial charge in [-0.2, -0.15) is 5.26 Å². The van der Waals surface area contributed by atoms with E-state index >= 15 is 0 Å². The Morgan fingerprint density at radius 2 is 1.81 bits per heavy atom. The Hall–Kier alpha value is -1.51. The fourth-order valence-electron chi connectivity index (χ4n) is 3.01. The largest absolute Gasteiger partial charge is 0.396 e. The van der Waals surface area contributed by atoms with Crippen LogP contribution in [0.1, 0.15) is 36.8 Å². The maximum Gasteiger partial charge on any atom is 0.131 e. The molecule has 2 rings (SSSR count). The van der Waals surface area contributed by atoms with Gasteiger partial charge in [-0.3, -0.25) is 0 Å². The van der Waals surface area contributed by atoms with E-state index in [-0.39, 0.29) is 30.2 Å². The van der Waals surface area contributed by atoms with Crippen LogP contribution in [-0.2, 0) is 6.54 Å². The molecule has 0 amide bonds. The van der Waals surface area contributed by atoms with E-state index in [0.717, 1.165) is 37.8 Å². The van der Waals surface area contributed by atoms with Gasteiger partial charge in [0, 0.05) is 18.7 Å². The van der Waals surface area contributed by atoms with Gasteiger partial charge in [0.2, 0.25) is 0 Å². The summed E-state index contributed by atoms with van der Waals surface area (Å²) in [5.41, 5.74) is -0.0493. The van der Waals surface area contributed by atoms with Crippen molar-refractivity contribution >= 4 is 0 Å². The first kappa shape index (κ1) is 15.9. The number of aliphatic hydroxyl groups is 1. The lowest BCUT2D eigenvalue weighted by atomic mass is 9.79. The zero-order chi connectivity index (χ0) is 15.2. The second-order valence-electron chi connectivity index (χ2n) is 5.65. The van der Waals surface area contributed by atoms with Gasteiger partial charge in [-0.05, 0) is 43.4 Å². The van der Waals surface area contributed by atoms with E-state index in [1.54, 1.807) is 6.07 Å². The first-order valence-corrected chi connectivity index (χ1v) is 7.35. The average Bonchev–Trinajstić information content (AvgIpc) is 2.50. The van der Waals surface area contributed by atoms with E-state index in [2.05, 4.69) is 5.32 Å². The van der Waals surface area contributed by atoms with Gasteiger partial charge in [0.25, 0.3) is 0 Å². The Labute approximate surface area is 123 Å². The molecule has 1 saturated carbocycles. The number of hydrogen-bond donors (Lipinski definition) is 2. The number of hydrogen-bond acceptors (Lipinski definition) is 3. The van der Waals surface area contributed by atoms with Crippen LogP contribution >= 0.6 is 0 Å². The molecular weight excluding hydrogens is 274 g/mol. The van der Waals surface area contributed by atoms with Crippen LogP contribution in [-0.4, -0.2) is 18.3 Å². The molecule has 1 aromatic carbocycles. The lowest BCUT2D eigenvalue weighted by Crippen LogP contribution is -2.32. The molecule has 1 fully saturated rings. The highest BCUT2D eigenvalue weighted by molar-refractivity contribution is 5.34. The highest BCUT2D eigenvalue weighted by Gasteiger charge is 2.24. The molecule has 0 spiro atoms. The monoisotopic (exact) mass is 294 g/mol. The average molecular weight is 294 g/mol. The number of halogens is 2. The highest BCUT2D eigenvalue weighted by atomic mass is 19.1. The van der Waals surface area contributed by atoms with Crippen molar-refractivity contribution in [1.29, 1.82) is 5.26 Å². The SMILES string of the molecule is N#Cc1cc(F)c(CNCC2CCCCC2CO)c(F)c1. The number of benzene rings is 1. The molecule has 3 nitrogen and oxygen atoms in total. The van der Waals surface area contributed by atoms with Gasteiger partial charge in [0.05, 0.1) is 11.6 Å². The van der Waals surface area contributed by atoms with Gasteiger partial charge >= 0.3 is 0 Å². The van der Waals surface area contributed by atoms with Gasteiger partial charge in [-0.15, -0.1) is 0 Å². The maximum atomic E-state index is 13.7. The van der Waals surface area contributed by atoms with Gasteiger partial charge in [0.1, 0.15) is 11.6 Å². The Morgan fingerprint density at radius 1 is 1.19 bits per heavy atom. The molecule has 5 heteroatoms. The Morgan fingerprint density at radius 3 is 2.38 bits per heavy atom. The van der Waals surface area contributed by atoms with Gasteiger partial charge in [0.15, 0.2) is 0 Å². The topological polar surface area (TPSA) is 56.0 Å². The van der Waals surface area contributed by atoms with E-state index in [9.17, 15) is 13.9 Å². The zero-order valence-corrected chi connectivity index (χ0v) is 11.9. The fraction of sp³-hybridized carbons (Fsp3) is 0.562. The minimum atomic E-state index is -0.693. The van der Waals surface area contributed by atoms with Crippen molar-refractivity contribution in [2.45, 2.75) is 32.2 Å². The summed E-state index contributed by atoms with van der Waals surface area (Å²) in [6, 6.07) is 3.83. The summed E-state index contributed by atoms with van der Waals surface area (Å²) in [4.78, 5) is 0. The lowest BCUT2D eigenvalue weighted by molar-refractivity contribution is 0.133. The molecule has 0 aromatic heterocycles. The summed E-state index contributed by atoms with van der Waals surface area (Å²) in [6.07, 6.45) is 4.34. The summed E-state index contributed by atoms with van der Waals surface area (Å²) in [6.45, 7) is 0.911. The smallest absolute Gasteiger partial charge is 0.131 e. The summed E-state index contributed by atoms with van der Waals surface area (Å²) in [5.74, 6) is -0.752. The quantitative estimate of drug-likeness (QED) is 0.878. The van der Waals surface area contributed by atoms with Crippen molar-refractivity contribution in [2.24, 2.45) is 11.8 Å². The van der Waals surface area contributed by atoms with Crippen molar-refractivity contribution in [1.82, 2.24) is 5.32 Å². The minimum Gasteiger partial charge on any atom is -0.396 e. The van der Waals surface area contributed by atoms with Crippen LogP contribution in [0.25, 0.3) is 0 Å². The van der Waals surface area contributed by atoms with Crippen molar-refractivity contribution in [3.05, 3.63) is 34.9 Å². The van der Waals surface area contributed by atoms with Crippen molar-refractivity contribution < 1.29 is 13.9 Å². The van der Waals surface area contributed by atoms with E-state index in [1.165, 1.54) is 0 Å². The summed E-state index contributed by atoms with van der Waals surface area (Å²) >= 11 is 0. The van der Waals surface area contributed by atoms with Crippen LogP contribution in [0, 0.1) is 34.8 Å². The number of nitrogens with one attached hydrogen (secondary N) is 1. The van der Waals surface area contributed by atoms with Crippen LogP contribution in [0.4, 0.5) is 8.78 Å². The standard InChI is InChI=1S/C16H20F2N2O/c17-15-5-11(7-19)6-16(18)14(15)9-20-8-12-3-1-2-4-13(12)10-21/h5-6,12-13,20-21H,1-4,8-10H2. The lowest BCUT2D eigenvalue weighted by Gasteiger charge is -2.30. The number of rotatable bonds is 5. The van der Waals surface area contributed by atoms with E-state index in [4.69, 9.17) is 5.26 Å². The summed E-state index contributed by atoms with van der Waals surface area (Å²) in [5, 5.41) is 21.1. The van der Waals surface area contributed by atoms with Gasteiger partial charge < -0.3 is 10.4 Å². The Balaban J connectivity index is 1.93. The molecule has 1 aliphatic carbocycles. The van der Waals surface area contributed by atoms with E-state index < -0.39 is 11.6 Å². The van der Waals surface area contributed by atoms with Crippen LogP contribution in [0.15, 0.2) is 12.1 Å². The molecule has 1 aliphatic rings. The first-order valence-electron chi connectivity index (χ1n) is 7.35. The number of nitriles is 1. The molecule has 0 radical (unpaired) electrons. The Bertz CT molecular complexity index is 504. The van der Waals surface area contributed by atoms with Gasteiger partial charge in [-0.25, -0.2) is 8.78 Å². The fourth-order valence-corrected chi connectivity index (χ4v) is 3.01. The zero-order valence-electron chi connectivity index (χ0n) is 11.9. The van der Waals surface area contributed by atoms with Crippen LogP contribution in [0.3, 0.4) is 0 Å². The summed E-state index contributed by atoms with van der Waals surface area (Å²) in [7, 11) is 0. The maximum absolute atomic E-state index is 13.7. The van der Waals surface area contributed by atoms with Crippen molar-refractivity contribution in [3.63, 3.8) is 0 Å². The molecule has 0 saturated heterocycles. The predicted octanol–water partition coefficient (Wildman–Crippen LogP) is 2.72. The van der Waals surface area contributed by atoms with Gasteiger partial charge in [-0.1, -0.05) is 12.8 Å². The summed E-state index contributed by atoms with van der Waals surface area (Å²) < 4.78 is 27.5. The molecule has 1 aromatic rings. The number of nitrogens with zero attached hydrogens (tertiary/aromatic N) is 1. The Kier molecular flexibility index (Phi) is 5.66. The highest BCUT2D eigenvalue weighted by Crippen LogP contribution is 2.29. The molecule has 0 aliphatic heterocycles.